The number of carbonyl (C=O) groups is 1. The van der Waals surface area contributed by atoms with Crippen LogP contribution >= 0.6 is 0 Å². The van der Waals surface area contributed by atoms with Gasteiger partial charge in [-0.25, -0.2) is 0 Å². The van der Waals surface area contributed by atoms with Gasteiger partial charge in [-0.2, -0.15) is 0 Å². The van der Waals surface area contributed by atoms with E-state index in [0.717, 1.165) is 22.6 Å². The molecule has 0 bridgehead atoms. The summed E-state index contributed by atoms with van der Waals surface area (Å²) < 4.78 is 5.65. The van der Waals surface area contributed by atoms with Crippen molar-refractivity contribution in [2.24, 2.45) is 5.73 Å². The zero-order chi connectivity index (χ0) is 14.8. The van der Waals surface area contributed by atoms with Crippen LogP contribution in [0.1, 0.15) is 18.1 Å². The summed E-state index contributed by atoms with van der Waals surface area (Å²) in [6.07, 6.45) is -0.461. The minimum atomic E-state index is -0.461. The highest BCUT2D eigenvalue weighted by atomic mass is 16.5. The lowest BCUT2D eigenvalue weighted by atomic mass is 10.1. The van der Waals surface area contributed by atoms with Crippen molar-refractivity contribution in [3.63, 3.8) is 0 Å². The van der Waals surface area contributed by atoms with Gasteiger partial charge < -0.3 is 15.4 Å². The number of ether oxygens (including phenoxy) is 1. The summed E-state index contributed by atoms with van der Waals surface area (Å²) in [5, 5.41) is 0. The normalized spacial score (nSPS) is 17.3. The predicted octanol–water partition coefficient (Wildman–Crippen LogP) is 2.46. The second kappa shape index (κ2) is 5.58. The molecule has 0 saturated carbocycles. The summed E-state index contributed by atoms with van der Waals surface area (Å²) in [5.74, 6) is 0.728. The van der Waals surface area contributed by atoms with Crippen molar-refractivity contribution in [3.8, 4) is 5.75 Å². The molecule has 1 unspecified atom stereocenters. The molecule has 0 radical (unpaired) electrons. The molecule has 21 heavy (non-hydrogen) atoms. The Balaban J connectivity index is 1.94. The van der Waals surface area contributed by atoms with Crippen molar-refractivity contribution in [3.05, 3.63) is 59.7 Å². The zero-order valence-corrected chi connectivity index (χ0v) is 12.0. The topological polar surface area (TPSA) is 55.6 Å². The molecular weight excluding hydrogens is 264 g/mol. The number of nitrogens with two attached hydrogens (primary N) is 1. The van der Waals surface area contributed by atoms with Crippen LogP contribution < -0.4 is 15.4 Å². The van der Waals surface area contributed by atoms with Crippen molar-refractivity contribution in [2.75, 3.05) is 4.90 Å². The number of fused-ring (bicyclic) bond motifs is 1. The van der Waals surface area contributed by atoms with Gasteiger partial charge in [-0.05, 0) is 30.2 Å². The van der Waals surface area contributed by atoms with Gasteiger partial charge in [-0.15, -0.1) is 0 Å². The van der Waals surface area contributed by atoms with Crippen LogP contribution in [0, 0.1) is 0 Å². The maximum absolute atomic E-state index is 12.4. The molecular formula is C17H18N2O2. The smallest absolute Gasteiger partial charge is 0.268 e. The largest absolute Gasteiger partial charge is 0.479 e. The Morgan fingerprint density at radius 3 is 2.71 bits per heavy atom. The Bertz CT molecular complexity index is 669. The van der Waals surface area contributed by atoms with Crippen molar-refractivity contribution < 1.29 is 9.53 Å². The number of nitrogens with zero attached hydrogens (tertiary/aromatic N) is 1. The van der Waals surface area contributed by atoms with Gasteiger partial charge in [-0.3, -0.25) is 4.79 Å². The fourth-order valence-electron chi connectivity index (χ4n) is 2.56. The molecule has 4 nitrogen and oxygen atoms in total. The second-order valence-corrected chi connectivity index (χ2v) is 5.18. The number of hydrogen-bond acceptors (Lipinski definition) is 3. The third-order valence-corrected chi connectivity index (χ3v) is 3.64. The summed E-state index contributed by atoms with van der Waals surface area (Å²) in [6, 6.07) is 15.6. The molecule has 2 N–H and O–H groups in total. The van der Waals surface area contributed by atoms with E-state index >= 15 is 0 Å². The van der Waals surface area contributed by atoms with E-state index in [1.54, 1.807) is 11.8 Å². The van der Waals surface area contributed by atoms with E-state index in [0.29, 0.717) is 13.1 Å². The molecule has 0 saturated heterocycles. The molecule has 2 aromatic carbocycles. The Kier molecular flexibility index (Phi) is 3.62. The average Bonchev–Trinajstić information content (AvgIpc) is 2.52. The molecule has 108 valence electrons. The molecule has 1 heterocycles. The van der Waals surface area contributed by atoms with Gasteiger partial charge in [0.15, 0.2) is 6.10 Å². The fraction of sp³-hybridized carbons (Fsp3) is 0.235. The second-order valence-electron chi connectivity index (χ2n) is 5.18. The van der Waals surface area contributed by atoms with E-state index in [2.05, 4.69) is 0 Å². The van der Waals surface area contributed by atoms with Crippen LogP contribution in [0.4, 0.5) is 5.69 Å². The molecule has 0 spiro atoms. The average molecular weight is 282 g/mol. The van der Waals surface area contributed by atoms with E-state index in [1.807, 2.05) is 48.5 Å². The Morgan fingerprint density at radius 2 is 1.90 bits per heavy atom. The van der Waals surface area contributed by atoms with Crippen LogP contribution in [0.25, 0.3) is 0 Å². The van der Waals surface area contributed by atoms with Gasteiger partial charge in [0.1, 0.15) is 5.75 Å². The number of hydrogen-bond donors (Lipinski definition) is 1. The monoisotopic (exact) mass is 282 g/mol. The Morgan fingerprint density at radius 1 is 1.14 bits per heavy atom. The van der Waals surface area contributed by atoms with Gasteiger partial charge in [0.05, 0.1) is 12.2 Å². The van der Waals surface area contributed by atoms with E-state index < -0.39 is 6.10 Å². The summed E-state index contributed by atoms with van der Waals surface area (Å²) in [4.78, 5) is 14.2. The fourth-order valence-corrected chi connectivity index (χ4v) is 2.56. The Labute approximate surface area is 124 Å². The van der Waals surface area contributed by atoms with Crippen molar-refractivity contribution in [1.29, 1.82) is 0 Å². The first kappa shape index (κ1) is 13.6. The van der Waals surface area contributed by atoms with E-state index in [9.17, 15) is 4.79 Å². The highest BCUT2D eigenvalue weighted by Gasteiger charge is 2.31. The van der Waals surface area contributed by atoms with E-state index in [4.69, 9.17) is 10.5 Å². The predicted molar refractivity (Wildman–Crippen MR) is 82.1 cm³/mol. The standard InChI is InChI=1S/C17H18N2O2/c1-12-17(20)19(15-7-2-3-8-16(15)21-12)11-14-6-4-5-13(9-14)10-18/h2-9,12H,10-11,18H2,1H3. The Hall–Kier alpha value is -2.33. The maximum atomic E-state index is 12.4. The first-order valence-corrected chi connectivity index (χ1v) is 7.04. The van der Waals surface area contributed by atoms with Gasteiger partial charge >= 0.3 is 0 Å². The third kappa shape index (κ3) is 2.62. The molecule has 1 atom stereocenters. The molecule has 0 fully saturated rings. The number of anilines is 1. The quantitative estimate of drug-likeness (QED) is 0.941. The molecule has 0 aromatic heterocycles. The van der Waals surface area contributed by atoms with Gasteiger partial charge in [0.2, 0.25) is 0 Å². The molecule has 1 aliphatic rings. The van der Waals surface area contributed by atoms with Gasteiger partial charge in [0, 0.05) is 6.54 Å². The molecule has 0 aliphatic carbocycles. The number of carbonyl (C=O) groups excluding carboxylic acids is 1. The van der Waals surface area contributed by atoms with Crippen molar-refractivity contribution >= 4 is 11.6 Å². The molecule has 3 rings (SSSR count). The van der Waals surface area contributed by atoms with E-state index in [-0.39, 0.29) is 5.91 Å². The van der Waals surface area contributed by atoms with Crippen LogP contribution in [0.15, 0.2) is 48.5 Å². The molecule has 2 aromatic rings. The summed E-state index contributed by atoms with van der Waals surface area (Å²) in [5.41, 5.74) is 8.62. The minimum absolute atomic E-state index is 0.0214. The van der Waals surface area contributed by atoms with Crippen molar-refractivity contribution in [2.45, 2.75) is 26.1 Å². The third-order valence-electron chi connectivity index (χ3n) is 3.64. The van der Waals surface area contributed by atoms with Gasteiger partial charge in [0.25, 0.3) is 5.91 Å². The molecule has 1 aliphatic heterocycles. The van der Waals surface area contributed by atoms with Crippen LogP contribution in [0.3, 0.4) is 0 Å². The lowest BCUT2D eigenvalue weighted by molar-refractivity contribution is -0.125. The number of amides is 1. The van der Waals surface area contributed by atoms with E-state index in [1.165, 1.54) is 0 Å². The van der Waals surface area contributed by atoms with Crippen LogP contribution in [-0.2, 0) is 17.9 Å². The zero-order valence-electron chi connectivity index (χ0n) is 12.0. The number of benzene rings is 2. The molecule has 4 heteroatoms. The van der Waals surface area contributed by atoms with Crippen LogP contribution in [0.5, 0.6) is 5.75 Å². The SMILES string of the molecule is CC1Oc2ccccc2N(Cc2cccc(CN)c2)C1=O. The van der Waals surface area contributed by atoms with Gasteiger partial charge in [-0.1, -0.05) is 36.4 Å². The summed E-state index contributed by atoms with van der Waals surface area (Å²) in [6.45, 7) is 2.80. The lowest BCUT2D eigenvalue weighted by Crippen LogP contribution is -2.43. The summed E-state index contributed by atoms with van der Waals surface area (Å²) in [7, 11) is 0. The van der Waals surface area contributed by atoms with Crippen molar-refractivity contribution in [1.82, 2.24) is 0 Å². The first-order valence-electron chi connectivity index (χ1n) is 7.04. The van der Waals surface area contributed by atoms with Crippen LogP contribution in [-0.4, -0.2) is 12.0 Å². The number of para-hydroxylation sites is 2. The molecule has 1 amide bonds. The van der Waals surface area contributed by atoms with Crippen LogP contribution in [0.2, 0.25) is 0 Å². The lowest BCUT2D eigenvalue weighted by Gasteiger charge is -2.33. The maximum Gasteiger partial charge on any atom is 0.268 e. The minimum Gasteiger partial charge on any atom is -0.479 e. The highest BCUT2D eigenvalue weighted by molar-refractivity contribution is 5.99. The number of rotatable bonds is 3. The first-order chi connectivity index (χ1) is 10.2. The summed E-state index contributed by atoms with van der Waals surface area (Å²) >= 11 is 0. The highest BCUT2D eigenvalue weighted by Crippen LogP contribution is 2.34.